The van der Waals surface area contributed by atoms with Gasteiger partial charge < -0.3 is 19.5 Å². The Balaban J connectivity index is 1.48. The second-order valence-electron chi connectivity index (χ2n) is 6.30. The molecule has 0 aromatic heterocycles. The molecule has 0 saturated heterocycles. The predicted molar refractivity (Wildman–Crippen MR) is 96.5 cm³/mol. The van der Waals surface area contributed by atoms with Gasteiger partial charge in [0.1, 0.15) is 6.61 Å². The van der Waals surface area contributed by atoms with Gasteiger partial charge in [0.2, 0.25) is 6.10 Å². The molecule has 0 spiro atoms. The zero-order valence-corrected chi connectivity index (χ0v) is 14.7. The summed E-state index contributed by atoms with van der Waals surface area (Å²) >= 11 is 0. The molecule has 2 aromatic rings. The van der Waals surface area contributed by atoms with Gasteiger partial charge in [-0.2, -0.15) is 0 Å². The predicted octanol–water partition coefficient (Wildman–Crippen LogP) is 3.13. The summed E-state index contributed by atoms with van der Waals surface area (Å²) < 4.78 is 16.0. The van der Waals surface area contributed by atoms with Crippen LogP contribution in [-0.4, -0.2) is 31.2 Å². The summed E-state index contributed by atoms with van der Waals surface area (Å²) in [4.78, 5) is 24.0. The molecule has 0 unspecified atom stereocenters. The van der Waals surface area contributed by atoms with Gasteiger partial charge in [-0.15, -0.1) is 0 Å². The van der Waals surface area contributed by atoms with Crippen molar-refractivity contribution in [2.24, 2.45) is 0 Å². The van der Waals surface area contributed by atoms with Gasteiger partial charge in [-0.25, -0.2) is 4.79 Å². The summed E-state index contributed by atoms with van der Waals surface area (Å²) in [6.45, 7) is 3.87. The van der Waals surface area contributed by atoms with Crippen LogP contribution < -0.4 is 14.8 Å². The number of hydrogen-bond donors (Lipinski definition) is 1. The molecular weight excluding hydrogens is 334 g/mol. The lowest BCUT2D eigenvalue weighted by atomic mass is 10.0. The van der Waals surface area contributed by atoms with Gasteiger partial charge in [0.15, 0.2) is 18.1 Å². The number of para-hydroxylation sites is 2. The molecule has 0 fully saturated rings. The molecule has 1 N–H and O–H groups in total. The number of amides is 1. The number of esters is 1. The molecule has 26 heavy (non-hydrogen) atoms. The number of nitrogens with one attached hydrogen (secondary N) is 1. The summed E-state index contributed by atoms with van der Waals surface area (Å²) in [7, 11) is 0. The van der Waals surface area contributed by atoms with Crippen molar-refractivity contribution < 1.29 is 23.8 Å². The third kappa shape index (κ3) is 4.33. The second-order valence-corrected chi connectivity index (χ2v) is 6.30. The van der Waals surface area contributed by atoms with Gasteiger partial charge in [-0.1, -0.05) is 38.1 Å². The highest BCUT2D eigenvalue weighted by atomic mass is 16.6. The van der Waals surface area contributed by atoms with Crippen molar-refractivity contribution in [3.63, 3.8) is 0 Å². The minimum atomic E-state index is -0.886. The summed E-state index contributed by atoms with van der Waals surface area (Å²) in [6, 6.07) is 14.6. The van der Waals surface area contributed by atoms with E-state index in [-0.39, 0.29) is 13.2 Å². The highest BCUT2D eigenvalue weighted by Gasteiger charge is 2.29. The number of carbonyl (C=O) groups excluding carboxylic acids is 2. The van der Waals surface area contributed by atoms with Gasteiger partial charge in [0.05, 0.1) is 0 Å². The number of ether oxygens (including phenoxy) is 3. The molecule has 1 heterocycles. The average molecular weight is 355 g/mol. The molecule has 0 bridgehead atoms. The topological polar surface area (TPSA) is 73.9 Å². The Kier molecular flexibility index (Phi) is 5.41. The van der Waals surface area contributed by atoms with E-state index in [0.717, 1.165) is 0 Å². The smallest absolute Gasteiger partial charge is 0.351 e. The lowest BCUT2D eigenvalue weighted by Crippen LogP contribution is -2.39. The van der Waals surface area contributed by atoms with Crippen molar-refractivity contribution in [2.45, 2.75) is 25.9 Å². The minimum absolute atomic E-state index is 0.0497. The first-order valence-corrected chi connectivity index (χ1v) is 8.48. The Morgan fingerprint density at radius 2 is 1.81 bits per heavy atom. The Morgan fingerprint density at radius 1 is 1.12 bits per heavy atom. The fourth-order valence-corrected chi connectivity index (χ4v) is 2.51. The van der Waals surface area contributed by atoms with Crippen LogP contribution in [0.5, 0.6) is 11.5 Å². The zero-order chi connectivity index (χ0) is 18.5. The Bertz CT molecular complexity index is 785. The first-order chi connectivity index (χ1) is 12.5. The molecule has 1 aliphatic rings. The Labute approximate surface area is 152 Å². The van der Waals surface area contributed by atoms with Crippen molar-refractivity contribution in [3.05, 3.63) is 54.1 Å². The molecule has 2 aromatic carbocycles. The second kappa shape index (κ2) is 7.91. The van der Waals surface area contributed by atoms with Gasteiger partial charge in [0, 0.05) is 5.69 Å². The molecule has 1 amide bonds. The van der Waals surface area contributed by atoms with Crippen LogP contribution in [0.15, 0.2) is 48.5 Å². The van der Waals surface area contributed by atoms with E-state index in [1.54, 1.807) is 18.2 Å². The van der Waals surface area contributed by atoms with Crippen LogP contribution in [-0.2, 0) is 14.3 Å². The fourth-order valence-electron chi connectivity index (χ4n) is 2.51. The number of rotatable bonds is 5. The third-order valence-electron chi connectivity index (χ3n) is 3.98. The van der Waals surface area contributed by atoms with E-state index < -0.39 is 18.0 Å². The van der Waals surface area contributed by atoms with E-state index in [0.29, 0.717) is 23.1 Å². The van der Waals surface area contributed by atoms with E-state index in [4.69, 9.17) is 14.2 Å². The quantitative estimate of drug-likeness (QED) is 0.834. The number of fused-ring (bicyclic) bond motifs is 1. The van der Waals surface area contributed by atoms with Crippen LogP contribution in [0.2, 0.25) is 0 Å². The van der Waals surface area contributed by atoms with E-state index in [2.05, 4.69) is 19.2 Å². The molecule has 0 radical (unpaired) electrons. The van der Waals surface area contributed by atoms with Crippen molar-refractivity contribution in [2.75, 3.05) is 18.5 Å². The van der Waals surface area contributed by atoms with Crippen LogP contribution in [0, 0.1) is 0 Å². The highest BCUT2D eigenvalue weighted by Crippen LogP contribution is 2.31. The van der Waals surface area contributed by atoms with Crippen LogP contribution >= 0.6 is 0 Å². The van der Waals surface area contributed by atoms with E-state index in [1.807, 2.05) is 30.3 Å². The average Bonchev–Trinajstić information content (AvgIpc) is 2.66. The molecule has 1 atom stereocenters. The van der Waals surface area contributed by atoms with Crippen LogP contribution in [0.25, 0.3) is 0 Å². The molecule has 0 aliphatic carbocycles. The van der Waals surface area contributed by atoms with Crippen molar-refractivity contribution in [1.82, 2.24) is 0 Å². The molecule has 136 valence electrons. The molecule has 6 nitrogen and oxygen atoms in total. The molecule has 6 heteroatoms. The lowest BCUT2D eigenvalue weighted by molar-refractivity contribution is -0.156. The van der Waals surface area contributed by atoms with Gasteiger partial charge in [0.25, 0.3) is 5.91 Å². The van der Waals surface area contributed by atoms with Crippen molar-refractivity contribution >= 4 is 17.6 Å². The number of anilines is 1. The molecular formula is C20H21NO5. The highest BCUT2D eigenvalue weighted by molar-refractivity contribution is 5.93. The minimum Gasteiger partial charge on any atom is -0.485 e. The first-order valence-electron chi connectivity index (χ1n) is 8.48. The van der Waals surface area contributed by atoms with E-state index in [1.165, 1.54) is 5.56 Å². The van der Waals surface area contributed by atoms with Gasteiger partial charge >= 0.3 is 5.97 Å². The van der Waals surface area contributed by atoms with Gasteiger partial charge in [-0.05, 0) is 35.7 Å². The van der Waals surface area contributed by atoms with Crippen LogP contribution in [0.3, 0.4) is 0 Å². The van der Waals surface area contributed by atoms with Crippen molar-refractivity contribution in [3.8, 4) is 11.5 Å². The summed E-state index contributed by atoms with van der Waals surface area (Å²) in [5, 5.41) is 2.69. The zero-order valence-electron chi connectivity index (χ0n) is 14.7. The maximum atomic E-state index is 12.1. The molecule has 3 rings (SSSR count). The van der Waals surface area contributed by atoms with E-state index in [9.17, 15) is 9.59 Å². The largest absolute Gasteiger partial charge is 0.485 e. The SMILES string of the molecule is CC(C)c1ccc(NC(=O)COC(=O)[C@H]2COc3ccccc3O2)cc1. The third-order valence-corrected chi connectivity index (χ3v) is 3.98. The van der Waals surface area contributed by atoms with Crippen molar-refractivity contribution in [1.29, 1.82) is 0 Å². The fraction of sp³-hybridized carbons (Fsp3) is 0.300. The molecule has 1 aliphatic heterocycles. The van der Waals surface area contributed by atoms with Crippen LogP contribution in [0.4, 0.5) is 5.69 Å². The standard InChI is InChI=1S/C20H21NO5/c1-13(2)14-7-9-15(10-8-14)21-19(22)12-25-20(23)18-11-24-16-5-3-4-6-17(16)26-18/h3-10,13,18H,11-12H2,1-2H3,(H,21,22)/t18-/m1/s1. The Morgan fingerprint density at radius 3 is 2.50 bits per heavy atom. The van der Waals surface area contributed by atoms with Gasteiger partial charge in [-0.3, -0.25) is 4.79 Å². The maximum Gasteiger partial charge on any atom is 0.351 e. The molecule has 0 saturated carbocycles. The Hall–Kier alpha value is -3.02. The normalized spacial score (nSPS) is 15.4. The first kappa shape index (κ1) is 17.8. The van der Waals surface area contributed by atoms with Crippen LogP contribution in [0.1, 0.15) is 25.3 Å². The monoisotopic (exact) mass is 355 g/mol. The number of hydrogen-bond acceptors (Lipinski definition) is 5. The van der Waals surface area contributed by atoms with E-state index >= 15 is 0 Å². The lowest BCUT2D eigenvalue weighted by Gasteiger charge is -2.24. The summed E-state index contributed by atoms with van der Waals surface area (Å²) in [6.07, 6.45) is -0.886. The number of carbonyl (C=O) groups is 2. The summed E-state index contributed by atoms with van der Waals surface area (Å²) in [5.41, 5.74) is 1.84. The summed E-state index contributed by atoms with van der Waals surface area (Å²) in [5.74, 6) is 0.440. The maximum absolute atomic E-state index is 12.1. The number of benzene rings is 2.